The van der Waals surface area contributed by atoms with Gasteiger partial charge < -0.3 is 10.2 Å². The van der Waals surface area contributed by atoms with Crippen molar-refractivity contribution in [3.05, 3.63) is 63.1 Å². The van der Waals surface area contributed by atoms with Gasteiger partial charge in [-0.2, -0.15) is 0 Å². The lowest BCUT2D eigenvalue weighted by Gasteiger charge is -2.30. The van der Waals surface area contributed by atoms with Gasteiger partial charge in [0.05, 0.1) is 5.75 Å². The number of halogens is 3. The van der Waals surface area contributed by atoms with Crippen molar-refractivity contribution >= 4 is 58.4 Å². The summed E-state index contributed by atoms with van der Waals surface area (Å²) in [6, 6.07) is 12.1. The maximum Gasteiger partial charge on any atom is 0.242 e. The van der Waals surface area contributed by atoms with Gasteiger partial charge in [-0.25, -0.2) is 0 Å². The first kappa shape index (κ1) is 24.2. The number of thioether (sulfide) groups is 1. The molecule has 4 nitrogen and oxygen atoms in total. The molecule has 0 aromatic heterocycles. The summed E-state index contributed by atoms with van der Waals surface area (Å²) in [6.07, 6.45) is 4.20. The zero-order valence-electron chi connectivity index (χ0n) is 17.2. The standard InChI is InChI=1S/C23H25Cl3N2O2S/c1-15(23(30)27-17-5-2-3-6-17)28(13-19-20(25)7-4-8-21(19)26)22(29)14-31-18-11-9-16(24)10-12-18/h4,7-12,15,17H,2-3,5-6,13-14H2,1H3,(H,27,30). The van der Waals surface area contributed by atoms with E-state index in [1.54, 1.807) is 42.2 Å². The number of hydrogen-bond acceptors (Lipinski definition) is 3. The Kier molecular flexibility index (Phi) is 8.96. The zero-order valence-corrected chi connectivity index (χ0v) is 20.3. The summed E-state index contributed by atoms with van der Waals surface area (Å²) < 4.78 is 0. The van der Waals surface area contributed by atoms with Crippen LogP contribution in [0.25, 0.3) is 0 Å². The van der Waals surface area contributed by atoms with Gasteiger partial charge in [-0.1, -0.05) is 53.7 Å². The van der Waals surface area contributed by atoms with E-state index in [0.717, 1.165) is 30.6 Å². The molecule has 0 heterocycles. The predicted octanol–water partition coefficient (Wildman–Crippen LogP) is 6.22. The van der Waals surface area contributed by atoms with Crippen LogP contribution in [0.5, 0.6) is 0 Å². The van der Waals surface area contributed by atoms with Crippen LogP contribution in [0.1, 0.15) is 38.2 Å². The molecule has 0 radical (unpaired) electrons. The lowest BCUT2D eigenvalue weighted by molar-refractivity contribution is -0.138. The zero-order chi connectivity index (χ0) is 22.4. The van der Waals surface area contributed by atoms with Crippen LogP contribution in [0.3, 0.4) is 0 Å². The van der Waals surface area contributed by atoms with Gasteiger partial charge in [-0.15, -0.1) is 11.8 Å². The van der Waals surface area contributed by atoms with E-state index in [4.69, 9.17) is 34.8 Å². The Bertz CT molecular complexity index is 897. The second kappa shape index (κ2) is 11.5. The Hall–Kier alpha value is -1.40. The summed E-state index contributed by atoms with van der Waals surface area (Å²) >= 11 is 20.0. The second-order valence-corrected chi connectivity index (χ2v) is 9.93. The van der Waals surface area contributed by atoms with E-state index in [0.29, 0.717) is 20.6 Å². The van der Waals surface area contributed by atoms with Gasteiger partial charge in [0.2, 0.25) is 11.8 Å². The molecule has 0 aliphatic heterocycles. The molecule has 8 heteroatoms. The van der Waals surface area contributed by atoms with E-state index in [9.17, 15) is 9.59 Å². The van der Waals surface area contributed by atoms with Crippen LogP contribution < -0.4 is 5.32 Å². The van der Waals surface area contributed by atoms with Crippen molar-refractivity contribution in [3.8, 4) is 0 Å². The maximum atomic E-state index is 13.2. The Labute approximate surface area is 202 Å². The fraction of sp³-hybridized carbons (Fsp3) is 0.391. The predicted molar refractivity (Wildman–Crippen MR) is 129 cm³/mol. The summed E-state index contributed by atoms with van der Waals surface area (Å²) in [5, 5.41) is 4.67. The summed E-state index contributed by atoms with van der Waals surface area (Å²) in [5.41, 5.74) is 0.635. The summed E-state index contributed by atoms with van der Waals surface area (Å²) in [6.45, 7) is 1.91. The molecule has 2 aromatic rings. The molecule has 1 unspecified atom stereocenters. The summed E-state index contributed by atoms with van der Waals surface area (Å²) in [5.74, 6) is -0.130. The highest BCUT2D eigenvalue weighted by atomic mass is 35.5. The van der Waals surface area contributed by atoms with Crippen molar-refractivity contribution < 1.29 is 9.59 Å². The Morgan fingerprint density at radius 3 is 2.29 bits per heavy atom. The van der Waals surface area contributed by atoms with Crippen molar-refractivity contribution in [1.82, 2.24) is 10.2 Å². The monoisotopic (exact) mass is 498 g/mol. The highest BCUT2D eigenvalue weighted by Crippen LogP contribution is 2.28. The molecule has 166 valence electrons. The quantitative estimate of drug-likeness (QED) is 0.439. The fourth-order valence-corrected chi connectivity index (χ4v) is 5.01. The van der Waals surface area contributed by atoms with Gasteiger partial charge in [0, 0.05) is 38.1 Å². The van der Waals surface area contributed by atoms with E-state index in [-0.39, 0.29) is 30.2 Å². The average Bonchev–Trinajstić information content (AvgIpc) is 3.25. The van der Waals surface area contributed by atoms with Crippen LogP contribution in [0.4, 0.5) is 0 Å². The summed E-state index contributed by atoms with van der Waals surface area (Å²) in [4.78, 5) is 28.6. The van der Waals surface area contributed by atoms with Crippen LogP contribution in [-0.4, -0.2) is 34.6 Å². The Morgan fingerprint density at radius 2 is 1.68 bits per heavy atom. The second-order valence-electron chi connectivity index (χ2n) is 7.63. The third kappa shape index (κ3) is 6.79. The van der Waals surface area contributed by atoms with E-state index in [1.165, 1.54) is 11.8 Å². The molecule has 31 heavy (non-hydrogen) atoms. The number of benzene rings is 2. The normalized spacial score (nSPS) is 15.0. The fourth-order valence-electron chi connectivity index (χ4n) is 3.59. The van der Waals surface area contributed by atoms with Gasteiger partial charge in [0.1, 0.15) is 6.04 Å². The van der Waals surface area contributed by atoms with Crippen molar-refractivity contribution in [2.24, 2.45) is 0 Å². The van der Waals surface area contributed by atoms with Gasteiger partial charge in [-0.05, 0) is 56.2 Å². The Balaban J connectivity index is 1.75. The first-order valence-electron chi connectivity index (χ1n) is 10.3. The van der Waals surface area contributed by atoms with E-state index >= 15 is 0 Å². The van der Waals surface area contributed by atoms with Gasteiger partial charge in [-0.3, -0.25) is 9.59 Å². The molecule has 1 N–H and O–H groups in total. The van der Waals surface area contributed by atoms with Crippen molar-refractivity contribution in [2.45, 2.75) is 56.1 Å². The minimum absolute atomic E-state index is 0.153. The largest absolute Gasteiger partial charge is 0.352 e. The molecule has 1 saturated carbocycles. The van der Waals surface area contributed by atoms with Crippen LogP contribution >= 0.6 is 46.6 Å². The molecule has 3 rings (SSSR count). The maximum absolute atomic E-state index is 13.2. The third-order valence-corrected chi connectivity index (χ3v) is 7.39. The molecule has 1 aliphatic carbocycles. The number of nitrogens with one attached hydrogen (secondary N) is 1. The molecule has 0 spiro atoms. The van der Waals surface area contributed by atoms with Gasteiger partial charge in [0.15, 0.2) is 0 Å². The summed E-state index contributed by atoms with van der Waals surface area (Å²) in [7, 11) is 0. The number of rotatable bonds is 8. The minimum atomic E-state index is -0.647. The first-order chi connectivity index (χ1) is 14.8. The van der Waals surface area contributed by atoms with Crippen LogP contribution in [0.2, 0.25) is 15.1 Å². The first-order valence-corrected chi connectivity index (χ1v) is 12.4. The molecule has 2 aromatic carbocycles. The van der Waals surface area contributed by atoms with Gasteiger partial charge >= 0.3 is 0 Å². The molecule has 1 fully saturated rings. The minimum Gasteiger partial charge on any atom is -0.352 e. The molecule has 1 aliphatic rings. The number of nitrogens with zero attached hydrogens (tertiary/aromatic N) is 1. The number of carbonyl (C=O) groups is 2. The van der Waals surface area contributed by atoms with Crippen LogP contribution in [0, 0.1) is 0 Å². The van der Waals surface area contributed by atoms with E-state index in [1.807, 2.05) is 12.1 Å². The highest BCUT2D eigenvalue weighted by molar-refractivity contribution is 8.00. The van der Waals surface area contributed by atoms with Crippen LogP contribution in [0.15, 0.2) is 47.4 Å². The molecular formula is C23H25Cl3N2O2S. The smallest absolute Gasteiger partial charge is 0.242 e. The molecular weight excluding hydrogens is 475 g/mol. The van der Waals surface area contributed by atoms with E-state index in [2.05, 4.69) is 5.32 Å². The molecule has 0 bridgehead atoms. The van der Waals surface area contributed by atoms with Crippen molar-refractivity contribution in [3.63, 3.8) is 0 Å². The third-order valence-electron chi connectivity index (χ3n) is 5.43. The number of amides is 2. The number of hydrogen-bond donors (Lipinski definition) is 1. The van der Waals surface area contributed by atoms with Crippen LogP contribution in [-0.2, 0) is 16.1 Å². The lowest BCUT2D eigenvalue weighted by atomic mass is 10.1. The SMILES string of the molecule is CC(C(=O)NC1CCCC1)N(Cc1c(Cl)cccc1Cl)C(=O)CSc1ccc(Cl)cc1. The molecule has 2 amide bonds. The van der Waals surface area contributed by atoms with Crippen molar-refractivity contribution in [2.75, 3.05) is 5.75 Å². The lowest BCUT2D eigenvalue weighted by Crippen LogP contribution is -2.50. The van der Waals surface area contributed by atoms with Gasteiger partial charge in [0.25, 0.3) is 0 Å². The highest BCUT2D eigenvalue weighted by Gasteiger charge is 2.29. The molecule has 0 saturated heterocycles. The molecule has 1 atom stereocenters. The van der Waals surface area contributed by atoms with E-state index < -0.39 is 6.04 Å². The average molecular weight is 500 g/mol. The number of carbonyl (C=O) groups excluding carboxylic acids is 2. The Morgan fingerprint density at radius 1 is 1.06 bits per heavy atom. The topological polar surface area (TPSA) is 49.4 Å². The van der Waals surface area contributed by atoms with Crippen molar-refractivity contribution in [1.29, 1.82) is 0 Å².